The third-order valence-electron chi connectivity index (χ3n) is 4.34. The van der Waals surface area contributed by atoms with Gasteiger partial charge in [0.2, 0.25) is 5.91 Å². The number of carbonyl (C=O) groups is 1. The smallest absolute Gasteiger partial charge is 0.262 e. The second kappa shape index (κ2) is 6.38. The second-order valence-electron chi connectivity index (χ2n) is 6.20. The molecule has 3 aromatic rings. The molecule has 1 atom stereocenters. The number of pyridine rings is 1. The van der Waals surface area contributed by atoms with Gasteiger partial charge >= 0.3 is 0 Å². The summed E-state index contributed by atoms with van der Waals surface area (Å²) in [7, 11) is 0. The van der Waals surface area contributed by atoms with Gasteiger partial charge in [-0.15, -0.1) is 11.3 Å². The van der Waals surface area contributed by atoms with Gasteiger partial charge in [-0.25, -0.2) is 4.98 Å². The molecule has 0 saturated heterocycles. The molecule has 1 aliphatic carbocycles. The lowest BCUT2D eigenvalue weighted by atomic mass is 9.92. The molecule has 3 heterocycles. The van der Waals surface area contributed by atoms with E-state index >= 15 is 0 Å². The Bertz CT molecular complexity index is 1010. The summed E-state index contributed by atoms with van der Waals surface area (Å²) in [5.74, 6) is -0.291. The minimum atomic E-state index is -0.291. The average molecular weight is 355 g/mol. The molecule has 0 aliphatic heterocycles. The summed E-state index contributed by atoms with van der Waals surface area (Å²) in [6.45, 7) is -0.0891. The molecule has 1 unspecified atom stereocenters. The van der Waals surface area contributed by atoms with E-state index in [0.29, 0.717) is 15.9 Å². The zero-order valence-corrected chi connectivity index (χ0v) is 14.3. The Morgan fingerprint density at radius 1 is 1.44 bits per heavy atom. The molecule has 128 valence electrons. The largest absolute Gasteiger partial charge is 0.327 e. The van der Waals surface area contributed by atoms with E-state index in [9.17, 15) is 9.59 Å². The Balaban J connectivity index is 1.51. The van der Waals surface area contributed by atoms with Crippen molar-refractivity contribution in [3.63, 3.8) is 0 Å². The number of fused-ring (bicyclic) bond motifs is 2. The molecular weight excluding hydrogens is 338 g/mol. The molecule has 0 spiro atoms. The maximum atomic E-state index is 12.3. The van der Waals surface area contributed by atoms with Gasteiger partial charge in [-0.2, -0.15) is 0 Å². The number of hydrogen-bond donors (Lipinski definition) is 2. The van der Waals surface area contributed by atoms with Crippen LogP contribution in [0.3, 0.4) is 0 Å². The first-order chi connectivity index (χ1) is 12.1. The SMILES string of the molecule is NC1CCc2ncc(NC(=O)Cn3cnc4sccc4c3=O)cc2C1. The van der Waals surface area contributed by atoms with Crippen molar-refractivity contribution in [2.45, 2.75) is 31.8 Å². The van der Waals surface area contributed by atoms with E-state index in [0.717, 1.165) is 30.5 Å². The number of rotatable bonds is 3. The van der Waals surface area contributed by atoms with E-state index in [1.807, 2.05) is 11.4 Å². The fraction of sp³-hybridized carbons (Fsp3) is 0.294. The van der Waals surface area contributed by atoms with Gasteiger partial charge in [0.25, 0.3) is 5.56 Å². The minimum Gasteiger partial charge on any atom is -0.327 e. The van der Waals surface area contributed by atoms with Crippen LogP contribution in [-0.4, -0.2) is 26.5 Å². The van der Waals surface area contributed by atoms with Crippen molar-refractivity contribution in [1.29, 1.82) is 0 Å². The van der Waals surface area contributed by atoms with Crippen LogP contribution in [0.1, 0.15) is 17.7 Å². The van der Waals surface area contributed by atoms with E-state index in [2.05, 4.69) is 15.3 Å². The number of aryl methyl sites for hydroxylation is 1. The average Bonchev–Trinajstić information content (AvgIpc) is 3.06. The molecule has 1 aliphatic rings. The highest BCUT2D eigenvalue weighted by Gasteiger charge is 2.17. The molecule has 8 heteroatoms. The number of anilines is 1. The van der Waals surface area contributed by atoms with Gasteiger partial charge in [0.15, 0.2) is 0 Å². The molecule has 4 rings (SSSR count). The summed E-state index contributed by atoms with van der Waals surface area (Å²) in [4.78, 5) is 33.9. The normalized spacial score (nSPS) is 16.6. The Morgan fingerprint density at radius 3 is 3.20 bits per heavy atom. The number of nitrogens with two attached hydrogens (primary N) is 1. The Morgan fingerprint density at radius 2 is 2.32 bits per heavy atom. The van der Waals surface area contributed by atoms with E-state index in [4.69, 9.17) is 5.73 Å². The monoisotopic (exact) mass is 355 g/mol. The van der Waals surface area contributed by atoms with Crippen LogP contribution in [0.5, 0.6) is 0 Å². The topological polar surface area (TPSA) is 103 Å². The molecule has 0 bridgehead atoms. The summed E-state index contributed by atoms with van der Waals surface area (Å²) in [5.41, 5.74) is 8.53. The highest BCUT2D eigenvalue weighted by Crippen LogP contribution is 2.21. The fourth-order valence-electron chi connectivity index (χ4n) is 3.08. The van der Waals surface area contributed by atoms with Crippen LogP contribution >= 0.6 is 11.3 Å². The van der Waals surface area contributed by atoms with E-state index in [1.54, 1.807) is 12.3 Å². The molecule has 0 aromatic carbocycles. The highest BCUT2D eigenvalue weighted by molar-refractivity contribution is 7.16. The number of nitrogens with one attached hydrogen (secondary N) is 1. The van der Waals surface area contributed by atoms with Crippen molar-refractivity contribution in [2.75, 3.05) is 5.32 Å². The molecule has 0 saturated carbocycles. The third kappa shape index (κ3) is 3.18. The molecule has 0 fully saturated rings. The van der Waals surface area contributed by atoms with Gasteiger partial charge in [-0.3, -0.25) is 19.1 Å². The molecule has 3 N–H and O–H groups in total. The highest BCUT2D eigenvalue weighted by atomic mass is 32.1. The first-order valence-electron chi connectivity index (χ1n) is 8.06. The quantitative estimate of drug-likeness (QED) is 0.737. The Labute approximate surface area is 147 Å². The molecule has 3 aromatic heterocycles. The summed E-state index contributed by atoms with van der Waals surface area (Å²) in [5, 5.41) is 5.14. The summed E-state index contributed by atoms with van der Waals surface area (Å²) in [6.07, 6.45) is 5.63. The Kier molecular flexibility index (Phi) is 4.06. The van der Waals surface area contributed by atoms with Gasteiger partial charge in [-0.1, -0.05) is 0 Å². The fourth-order valence-corrected chi connectivity index (χ4v) is 3.80. The summed E-state index contributed by atoms with van der Waals surface area (Å²) >= 11 is 1.40. The van der Waals surface area contributed by atoms with Crippen LogP contribution < -0.4 is 16.6 Å². The van der Waals surface area contributed by atoms with Crippen LogP contribution in [0.15, 0.2) is 34.8 Å². The van der Waals surface area contributed by atoms with Gasteiger partial charge in [-0.05, 0) is 42.3 Å². The lowest BCUT2D eigenvalue weighted by Crippen LogP contribution is -2.29. The molecular formula is C17H17N5O2S. The van der Waals surface area contributed by atoms with Crippen LogP contribution in [0.25, 0.3) is 10.2 Å². The van der Waals surface area contributed by atoms with Crippen LogP contribution in [0.4, 0.5) is 5.69 Å². The van der Waals surface area contributed by atoms with Crippen LogP contribution in [0, 0.1) is 0 Å². The molecule has 1 amide bonds. The van der Waals surface area contributed by atoms with E-state index in [1.165, 1.54) is 22.2 Å². The van der Waals surface area contributed by atoms with Crippen molar-refractivity contribution in [1.82, 2.24) is 14.5 Å². The zero-order chi connectivity index (χ0) is 17.4. The predicted octanol–water partition coefficient (Wildman–Crippen LogP) is 1.31. The number of hydrogen-bond acceptors (Lipinski definition) is 6. The lowest BCUT2D eigenvalue weighted by Gasteiger charge is -2.21. The Hall–Kier alpha value is -2.58. The molecule has 7 nitrogen and oxygen atoms in total. The van der Waals surface area contributed by atoms with Crippen molar-refractivity contribution in [2.24, 2.45) is 5.73 Å². The summed E-state index contributed by atoms with van der Waals surface area (Å²) < 4.78 is 1.31. The van der Waals surface area contributed by atoms with Gasteiger partial charge < -0.3 is 11.1 Å². The van der Waals surface area contributed by atoms with Crippen LogP contribution in [0.2, 0.25) is 0 Å². The summed E-state index contributed by atoms with van der Waals surface area (Å²) in [6, 6.07) is 3.78. The first kappa shape index (κ1) is 15.9. The van der Waals surface area contributed by atoms with Crippen molar-refractivity contribution >= 4 is 33.1 Å². The number of thiophene rings is 1. The number of nitrogens with zero attached hydrogens (tertiary/aromatic N) is 3. The van der Waals surface area contributed by atoms with Gasteiger partial charge in [0.1, 0.15) is 11.4 Å². The van der Waals surface area contributed by atoms with E-state index in [-0.39, 0.29) is 24.1 Å². The van der Waals surface area contributed by atoms with Crippen LogP contribution in [-0.2, 0) is 24.2 Å². The maximum absolute atomic E-state index is 12.3. The third-order valence-corrected chi connectivity index (χ3v) is 5.16. The lowest BCUT2D eigenvalue weighted by molar-refractivity contribution is -0.116. The second-order valence-corrected chi connectivity index (χ2v) is 7.09. The van der Waals surface area contributed by atoms with Gasteiger partial charge in [0.05, 0.1) is 23.6 Å². The molecule has 0 radical (unpaired) electrons. The standard InChI is InChI=1S/C17H17N5O2S/c18-11-1-2-14-10(5-11)6-12(7-19-14)21-15(23)8-22-9-20-16-13(17(22)24)3-4-25-16/h3-4,6-7,9,11H,1-2,5,8,18H2,(H,21,23). The number of amides is 1. The number of carbonyl (C=O) groups excluding carboxylic acids is 1. The zero-order valence-electron chi connectivity index (χ0n) is 13.4. The minimum absolute atomic E-state index is 0.0891. The maximum Gasteiger partial charge on any atom is 0.262 e. The van der Waals surface area contributed by atoms with Crippen molar-refractivity contribution < 1.29 is 4.79 Å². The van der Waals surface area contributed by atoms with Crippen molar-refractivity contribution in [3.05, 3.63) is 51.6 Å². The van der Waals surface area contributed by atoms with Gasteiger partial charge in [0, 0.05) is 11.7 Å². The van der Waals surface area contributed by atoms with Crippen molar-refractivity contribution in [3.8, 4) is 0 Å². The van der Waals surface area contributed by atoms with E-state index < -0.39 is 0 Å². The predicted molar refractivity (Wildman–Crippen MR) is 96.7 cm³/mol. The molecule has 25 heavy (non-hydrogen) atoms. The first-order valence-corrected chi connectivity index (χ1v) is 8.94. The number of aromatic nitrogens is 3.